The molecule has 1 saturated heterocycles. The van der Waals surface area contributed by atoms with E-state index in [1.807, 2.05) is 5.32 Å². The molecule has 0 bridgehead atoms. The number of alkyl halides is 3. The highest BCUT2D eigenvalue weighted by atomic mass is 19.4. The SMILES string of the molecule is COc1ccc([N+](=O)[O-])cc1N=C[C@@H]1C(=O)NC(=O)N(c2cccc(C(F)(F)F)c2)C1=O. The summed E-state index contributed by atoms with van der Waals surface area (Å²) < 4.78 is 44.0. The first-order chi connectivity index (χ1) is 15.0. The highest BCUT2D eigenvalue weighted by Gasteiger charge is 2.41. The molecule has 1 aliphatic heterocycles. The van der Waals surface area contributed by atoms with Crippen LogP contribution in [0.15, 0.2) is 47.5 Å². The maximum atomic E-state index is 13.0. The van der Waals surface area contributed by atoms with E-state index in [4.69, 9.17) is 4.74 Å². The molecule has 2 aromatic rings. The summed E-state index contributed by atoms with van der Waals surface area (Å²) in [7, 11) is 1.27. The molecule has 0 aliphatic carbocycles. The van der Waals surface area contributed by atoms with Crippen molar-refractivity contribution >= 4 is 41.1 Å². The van der Waals surface area contributed by atoms with Gasteiger partial charge in [0, 0.05) is 18.3 Å². The van der Waals surface area contributed by atoms with Gasteiger partial charge in [0.2, 0.25) is 5.91 Å². The number of benzene rings is 2. The number of nitrogens with one attached hydrogen (secondary N) is 1. The van der Waals surface area contributed by atoms with Crippen LogP contribution in [-0.4, -0.2) is 36.1 Å². The molecule has 166 valence electrons. The normalized spacial score (nSPS) is 16.9. The summed E-state index contributed by atoms with van der Waals surface area (Å²) in [4.78, 5) is 51.7. The van der Waals surface area contributed by atoms with Gasteiger partial charge >= 0.3 is 12.2 Å². The van der Waals surface area contributed by atoms with Crippen molar-refractivity contribution in [3.63, 3.8) is 0 Å². The van der Waals surface area contributed by atoms with Gasteiger partial charge in [-0.2, -0.15) is 13.2 Å². The van der Waals surface area contributed by atoms with E-state index in [2.05, 4.69) is 4.99 Å². The number of rotatable bonds is 5. The molecule has 0 spiro atoms. The van der Waals surface area contributed by atoms with Crippen molar-refractivity contribution in [1.29, 1.82) is 0 Å². The minimum absolute atomic E-state index is 0.0789. The number of hydrogen-bond acceptors (Lipinski definition) is 7. The van der Waals surface area contributed by atoms with Crippen molar-refractivity contribution in [3.8, 4) is 5.75 Å². The van der Waals surface area contributed by atoms with Crippen molar-refractivity contribution < 1.29 is 37.2 Å². The smallest absolute Gasteiger partial charge is 0.416 e. The summed E-state index contributed by atoms with van der Waals surface area (Å²) in [5, 5.41) is 12.8. The van der Waals surface area contributed by atoms with Crippen LogP contribution in [0.3, 0.4) is 0 Å². The zero-order valence-electron chi connectivity index (χ0n) is 16.1. The maximum absolute atomic E-state index is 13.0. The van der Waals surface area contributed by atoms with E-state index in [1.165, 1.54) is 13.2 Å². The molecule has 1 atom stereocenters. The minimum atomic E-state index is -4.72. The summed E-state index contributed by atoms with van der Waals surface area (Å²) in [6.45, 7) is 0. The van der Waals surface area contributed by atoms with Gasteiger partial charge in [0.25, 0.3) is 11.6 Å². The molecule has 2 aromatic carbocycles. The van der Waals surface area contributed by atoms with E-state index in [1.54, 1.807) is 0 Å². The molecule has 1 fully saturated rings. The second-order valence-electron chi connectivity index (χ2n) is 6.39. The predicted molar refractivity (Wildman–Crippen MR) is 104 cm³/mol. The fourth-order valence-electron chi connectivity index (χ4n) is 2.84. The number of barbiturate groups is 1. The van der Waals surface area contributed by atoms with Gasteiger partial charge in [-0.1, -0.05) is 6.07 Å². The Bertz CT molecular complexity index is 1150. The molecule has 0 unspecified atom stereocenters. The van der Waals surface area contributed by atoms with Crippen LogP contribution in [0.1, 0.15) is 5.56 Å². The molecular weight excluding hydrogens is 437 g/mol. The van der Waals surface area contributed by atoms with Crippen molar-refractivity contribution in [1.82, 2.24) is 5.32 Å². The number of hydrogen-bond donors (Lipinski definition) is 1. The van der Waals surface area contributed by atoms with Crippen LogP contribution in [0.5, 0.6) is 5.75 Å². The van der Waals surface area contributed by atoms with E-state index < -0.39 is 46.1 Å². The lowest BCUT2D eigenvalue weighted by atomic mass is 10.0. The number of anilines is 1. The molecular formula is C19H13F3N4O6. The summed E-state index contributed by atoms with van der Waals surface area (Å²) in [5.74, 6) is -3.80. The lowest BCUT2D eigenvalue weighted by Gasteiger charge is -2.28. The average Bonchev–Trinajstić information content (AvgIpc) is 2.72. The number of carbonyl (C=O) groups excluding carboxylic acids is 3. The van der Waals surface area contributed by atoms with Crippen LogP contribution in [0.25, 0.3) is 0 Å². The summed E-state index contributed by atoms with van der Waals surface area (Å²) in [6.07, 6.45) is -3.90. The number of imide groups is 2. The van der Waals surface area contributed by atoms with Crippen molar-refractivity contribution in [3.05, 3.63) is 58.1 Å². The Morgan fingerprint density at radius 1 is 1.19 bits per heavy atom. The number of nitrogens with zero attached hydrogens (tertiary/aromatic N) is 3. The molecule has 32 heavy (non-hydrogen) atoms. The van der Waals surface area contributed by atoms with E-state index in [-0.39, 0.29) is 17.1 Å². The van der Waals surface area contributed by atoms with Gasteiger partial charge in [0.05, 0.1) is 23.3 Å². The largest absolute Gasteiger partial charge is 0.494 e. The Balaban J connectivity index is 1.96. The summed E-state index contributed by atoms with van der Waals surface area (Å²) >= 11 is 0. The van der Waals surface area contributed by atoms with Crippen LogP contribution >= 0.6 is 0 Å². The number of ether oxygens (including phenoxy) is 1. The third-order valence-corrected chi connectivity index (χ3v) is 4.37. The molecule has 4 amide bonds. The number of methoxy groups -OCH3 is 1. The van der Waals surface area contributed by atoms with Crippen molar-refractivity contribution in [2.75, 3.05) is 12.0 Å². The van der Waals surface area contributed by atoms with Gasteiger partial charge in [-0.05, 0) is 24.3 Å². The van der Waals surface area contributed by atoms with Gasteiger partial charge in [-0.25, -0.2) is 9.69 Å². The van der Waals surface area contributed by atoms with Gasteiger partial charge in [-0.3, -0.25) is 30.0 Å². The predicted octanol–water partition coefficient (Wildman–Crippen LogP) is 3.22. The molecule has 1 aliphatic rings. The Morgan fingerprint density at radius 3 is 2.53 bits per heavy atom. The van der Waals surface area contributed by atoms with Gasteiger partial charge < -0.3 is 4.74 Å². The maximum Gasteiger partial charge on any atom is 0.416 e. The first-order valence-electron chi connectivity index (χ1n) is 8.75. The fourth-order valence-corrected chi connectivity index (χ4v) is 2.84. The molecule has 1 heterocycles. The molecule has 0 radical (unpaired) electrons. The molecule has 13 heteroatoms. The van der Waals surface area contributed by atoms with Crippen LogP contribution in [0.4, 0.5) is 35.0 Å². The number of carbonyl (C=O) groups is 3. The number of amides is 4. The Labute approximate surface area is 177 Å². The molecule has 1 N–H and O–H groups in total. The third kappa shape index (κ3) is 4.40. The lowest BCUT2D eigenvalue weighted by Crippen LogP contribution is -2.58. The lowest BCUT2D eigenvalue weighted by molar-refractivity contribution is -0.384. The zero-order chi connectivity index (χ0) is 23.6. The van der Waals surface area contributed by atoms with Gasteiger partial charge in [0.1, 0.15) is 11.4 Å². The highest BCUT2D eigenvalue weighted by molar-refractivity contribution is 6.32. The van der Waals surface area contributed by atoms with E-state index in [0.29, 0.717) is 11.0 Å². The standard InChI is InChI=1S/C19H13F3N4O6/c1-32-15-6-5-12(26(30)31)8-14(15)23-9-13-16(27)24-18(29)25(17(13)28)11-4-2-3-10(7-11)19(20,21)22/h2-9,13H,1H3,(H,24,27,29)/t13-/m1/s1. The minimum Gasteiger partial charge on any atom is -0.494 e. The first-order valence-corrected chi connectivity index (χ1v) is 8.75. The number of non-ortho nitro benzene ring substituents is 1. The Hall–Kier alpha value is -4.29. The first kappa shape index (κ1) is 22.4. The molecule has 0 saturated carbocycles. The topological polar surface area (TPSA) is 131 Å². The number of aliphatic imine (C=N–C) groups is 1. The highest BCUT2D eigenvalue weighted by Crippen LogP contribution is 2.33. The molecule has 10 nitrogen and oxygen atoms in total. The second-order valence-corrected chi connectivity index (χ2v) is 6.39. The monoisotopic (exact) mass is 450 g/mol. The zero-order valence-corrected chi connectivity index (χ0v) is 16.1. The third-order valence-electron chi connectivity index (χ3n) is 4.37. The van der Waals surface area contributed by atoms with Crippen molar-refractivity contribution in [2.45, 2.75) is 6.18 Å². The van der Waals surface area contributed by atoms with Crippen molar-refractivity contribution in [2.24, 2.45) is 10.9 Å². The van der Waals surface area contributed by atoms with Gasteiger partial charge in [0.15, 0.2) is 5.92 Å². The van der Waals surface area contributed by atoms with Gasteiger partial charge in [-0.15, -0.1) is 0 Å². The summed E-state index contributed by atoms with van der Waals surface area (Å²) in [5.41, 5.74) is -1.91. The molecule has 3 rings (SSSR count). The summed E-state index contributed by atoms with van der Waals surface area (Å²) in [6, 6.07) is 5.68. The number of urea groups is 1. The average molecular weight is 450 g/mol. The van der Waals surface area contributed by atoms with Crippen LogP contribution in [0, 0.1) is 16.0 Å². The van der Waals surface area contributed by atoms with Crippen LogP contribution < -0.4 is 15.0 Å². The molecule has 0 aromatic heterocycles. The Kier molecular flexibility index (Phi) is 5.91. The number of nitro groups is 1. The van der Waals surface area contributed by atoms with E-state index in [0.717, 1.165) is 36.5 Å². The number of halogens is 3. The van der Waals surface area contributed by atoms with E-state index >= 15 is 0 Å². The van der Waals surface area contributed by atoms with E-state index in [9.17, 15) is 37.7 Å². The fraction of sp³-hybridized carbons (Fsp3) is 0.158. The quantitative estimate of drug-likeness (QED) is 0.322. The Morgan fingerprint density at radius 2 is 1.91 bits per heavy atom. The number of nitro benzene ring substituents is 1. The van der Waals surface area contributed by atoms with Crippen LogP contribution in [0.2, 0.25) is 0 Å². The van der Waals surface area contributed by atoms with Crippen LogP contribution in [-0.2, 0) is 15.8 Å². The second kappa shape index (κ2) is 8.45.